The van der Waals surface area contributed by atoms with E-state index in [4.69, 9.17) is 5.11 Å². The van der Waals surface area contributed by atoms with Gasteiger partial charge in [0.25, 0.3) is 12.3 Å². The zero-order chi connectivity index (χ0) is 12.1. The van der Waals surface area contributed by atoms with Gasteiger partial charge in [-0.15, -0.1) is 11.3 Å². The highest BCUT2D eigenvalue weighted by Crippen LogP contribution is 2.15. The number of aromatic nitrogens is 1. The van der Waals surface area contributed by atoms with Crippen molar-refractivity contribution >= 4 is 17.2 Å². The molecule has 0 aliphatic heterocycles. The van der Waals surface area contributed by atoms with Gasteiger partial charge in [0.15, 0.2) is 0 Å². The van der Waals surface area contributed by atoms with E-state index in [0.717, 1.165) is 16.2 Å². The van der Waals surface area contributed by atoms with Gasteiger partial charge in [-0.25, -0.2) is 13.8 Å². The number of nitrogens with zero attached hydrogens (tertiary/aromatic N) is 2. The molecule has 0 spiro atoms. The largest absolute Gasteiger partial charge is 0.395 e. The van der Waals surface area contributed by atoms with Gasteiger partial charge >= 0.3 is 0 Å². The summed E-state index contributed by atoms with van der Waals surface area (Å²) in [5.41, 5.74) is 2.01. The molecule has 0 saturated heterocycles. The molecule has 1 amide bonds. The molecule has 16 heavy (non-hydrogen) atoms. The average molecular weight is 250 g/mol. The summed E-state index contributed by atoms with van der Waals surface area (Å²) in [6, 6.07) is 0. The van der Waals surface area contributed by atoms with E-state index in [-0.39, 0.29) is 13.2 Å². The van der Waals surface area contributed by atoms with Crippen molar-refractivity contribution in [2.24, 2.45) is 0 Å². The van der Waals surface area contributed by atoms with E-state index in [0.29, 0.717) is 10.6 Å². The number of halogens is 2. The Kier molecular flexibility index (Phi) is 4.75. The van der Waals surface area contributed by atoms with Crippen molar-refractivity contribution in [1.82, 2.24) is 9.88 Å². The molecule has 1 rings (SSSR count). The van der Waals surface area contributed by atoms with Crippen molar-refractivity contribution in [3.8, 4) is 0 Å². The number of alkyl halides is 2. The average Bonchev–Trinajstić information content (AvgIpc) is 2.62. The van der Waals surface area contributed by atoms with Crippen LogP contribution in [0.3, 0.4) is 0 Å². The second kappa shape index (κ2) is 5.86. The number of aliphatic hydroxyl groups excluding tert-OH is 1. The monoisotopic (exact) mass is 250 g/mol. The zero-order valence-corrected chi connectivity index (χ0v) is 9.51. The van der Waals surface area contributed by atoms with Crippen molar-refractivity contribution in [1.29, 1.82) is 0 Å². The first-order chi connectivity index (χ1) is 7.56. The van der Waals surface area contributed by atoms with Crippen molar-refractivity contribution in [2.75, 3.05) is 19.7 Å². The van der Waals surface area contributed by atoms with Crippen LogP contribution in [0.2, 0.25) is 0 Å². The molecule has 90 valence electrons. The molecule has 1 N–H and O–H groups in total. The van der Waals surface area contributed by atoms with E-state index in [1.54, 1.807) is 6.92 Å². The predicted molar refractivity (Wildman–Crippen MR) is 55.8 cm³/mol. The first-order valence-corrected chi connectivity index (χ1v) is 5.52. The van der Waals surface area contributed by atoms with Crippen LogP contribution >= 0.6 is 11.3 Å². The first kappa shape index (κ1) is 13.0. The molecule has 0 bridgehead atoms. The topological polar surface area (TPSA) is 53.4 Å². The minimum Gasteiger partial charge on any atom is -0.395 e. The molecule has 1 aromatic heterocycles. The molecular formula is C9H12F2N2O2S. The van der Waals surface area contributed by atoms with Gasteiger partial charge in [-0.1, -0.05) is 0 Å². The summed E-state index contributed by atoms with van der Waals surface area (Å²) in [6.45, 7) is 0.538. The third kappa shape index (κ3) is 3.21. The Morgan fingerprint density at radius 3 is 2.81 bits per heavy atom. The van der Waals surface area contributed by atoms with Gasteiger partial charge in [0.1, 0.15) is 4.88 Å². The fraction of sp³-hybridized carbons (Fsp3) is 0.556. The van der Waals surface area contributed by atoms with E-state index in [1.165, 1.54) is 5.51 Å². The lowest BCUT2D eigenvalue weighted by atomic mass is 10.3. The van der Waals surface area contributed by atoms with Crippen molar-refractivity contribution in [3.63, 3.8) is 0 Å². The number of rotatable bonds is 5. The van der Waals surface area contributed by atoms with E-state index < -0.39 is 18.9 Å². The lowest BCUT2D eigenvalue weighted by Crippen LogP contribution is -2.37. The molecule has 0 aliphatic carbocycles. The fourth-order valence-corrected chi connectivity index (χ4v) is 1.98. The van der Waals surface area contributed by atoms with Crippen LogP contribution in [0, 0.1) is 6.92 Å². The van der Waals surface area contributed by atoms with Gasteiger partial charge < -0.3 is 10.0 Å². The number of carbonyl (C=O) groups is 1. The molecule has 4 nitrogen and oxygen atoms in total. The first-order valence-electron chi connectivity index (χ1n) is 4.64. The Morgan fingerprint density at radius 2 is 2.38 bits per heavy atom. The van der Waals surface area contributed by atoms with Crippen LogP contribution in [0.4, 0.5) is 8.78 Å². The number of hydrogen-bond acceptors (Lipinski definition) is 4. The lowest BCUT2D eigenvalue weighted by Gasteiger charge is -2.20. The van der Waals surface area contributed by atoms with Crippen LogP contribution in [0.25, 0.3) is 0 Å². The summed E-state index contributed by atoms with van der Waals surface area (Å²) < 4.78 is 24.4. The zero-order valence-electron chi connectivity index (χ0n) is 8.69. The molecule has 0 atom stereocenters. The van der Waals surface area contributed by atoms with Crippen LogP contribution < -0.4 is 0 Å². The quantitative estimate of drug-likeness (QED) is 0.853. The van der Waals surface area contributed by atoms with Gasteiger partial charge in [-0.05, 0) is 6.92 Å². The minimum atomic E-state index is -2.61. The smallest absolute Gasteiger partial charge is 0.266 e. The van der Waals surface area contributed by atoms with Crippen LogP contribution in [0.15, 0.2) is 5.51 Å². The lowest BCUT2D eigenvalue weighted by molar-refractivity contribution is 0.0512. The summed E-state index contributed by atoms with van der Waals surface area (Å²) in [6.07, 6.45) is -2.61. The normalized spacial score (nSPS) is 10.8. The summed E-state index contributed by atoms with van der Waals surface area (Å²) in [5.74, 6) is -0.505. The van der Waals surface area contributed by atoms with E-state index >= 15 is 0 Å². The third-order valence-electron chi connectivity index (χ3n) is 1.96. The SMILES string of the molecule is Cc1ncsc1C(=O)N(CCO)CC(F)F. The molecule has 0 fully saturated rings. The summed E-state index contributed by atoms with van der Waals surface area (Å²) in [7, 11) is 0. The van der Waals surface area contributed by atoms with Gasteiger partial charge in [-0.3, -0.25) is 4.79 Å². The highest BCUT2D eigenvalue weighted by atomic mass is 32.1. The van der Waals surface area contributed by atoms with Crippen molar-refractivity contribution in [2.45, 2.75) is 13.3 Å². The molecule has 1 heterocycles. The maximum atomic E-state index is 12.2. The second-order valence-electron chi connectivity index (χ2n) is 3.13. The third-order valence-corrected chi connectivity index (χ3v) is 2.87. The molecule has 0 radical (unpaired) electrons. The van der Waals surface area contributed by atoms with Gasteiger partial charge in [0.2, 0.25) is 0 Å². The number of aryl methyl sites for hydroxylation is 1. The molecule has 7 heteroatoms. The summed E-state index contributed by atoms with van der Waals surface area (Å²) in [4.78, 5) is 17.0. The maximum Gasteiger partial charge on any atom is 0.266 e. The Bertz CT molecular complexity index is 357. The van der Waals surface area contributed by atoms with Crippen LogP contribution in [0.1, 0.15) is 15.4 Å². The molecule has 0 aliphatic rings. The van der Waals surface area contributed by atoms with Crippen LogP contribution in [-0.4, -0.2) is 47.0 Å². The predicted octanol–water partition coefficient (Wildman–Crippen LogP) is 1.15. The number of aliphatic hydroxyl groups is 1. The maximum absolute atomic E-state index is 12.2. The van der Waals surface area contributed by atoms with E-state index in [9.17, 15) is 13.6 Å². The second-order valence-corrected chi connectivity index (χ2v) is 3.99. The highest BCUT2D eigenvalue weighted by molar-refractivity contribution is 7.11. The highest BCUT2D eigenvalue weighted by Gasteiger charge is 2.22. The standard InChI is InChI=1S/C9H12F2N2O2S/c1-6-8(16-5-12-6)9(15)13(2-3-14)4-7(10)11/h5,7,14H,2-4H2,1H3. The Hall–Kier alpha value is -1.08. The van der Waals surface area contributed by atoms with Crippen LogP contribution in [0.5, 0.6) is 0 Å². The van der Waals surface area contributed by atoms with Gasteiger partial charge in [-0.2, -0.15) is 0 Å². The van der Waals surface area contributed by atoms with Gasteiger partial charge in [0.05, 0.1) is 24.4 Å². The molecule has 0 aromatic carbocycles. The number of carbonyl (C=O) groups excluding carboxylic acids is 1. The Balaban J connectivity index is 2.78. The van der Waals surface area contributed by atoms with Crippen molar-refractivity contribution in [3.05, 3.63) is 16.1 Å². The van der Waals surface area contributed by atoms with E-state index in [2.05, 4.69) is 4.98 Å². The number of hydrogen-bond donors (Lipinski definition) is 1. The molecular weight excluding hydrogens is 238 g/mol. The Labute approximate surface area is 95.5 Å². The van der Waals surface area contributed by atoms with Gasteiger partial charge in [0, 0.05) is 6.54 Å². The number of thiazole rings is 1. The van der Waals surface area contributed by atoms with Crippen molar-refractivity contribution < 1.29 is 18.7 Å². The Morgan fingerprint density at radius 1 is 1.69 bits per heavy atom. The fourth-order valence-electron chi connectivity index (χ4n) is 1.21. The molecule has 1 aromatic rings. The number of amides is 1. The summed E-state index contributed by atoms with van der Waals surface area (Å²) in [5, 5.41) is 8.71. The molecule has 0 unspecified atom stereocenters. The molecule has 0 saturated carbocycles. The van der Waals surface area contributed by atoms with E-state index in [1.807, 2.05) is 0 Å². The van der Waals surface area contributed by atoms with Crippen LogP contribution in [-0.2, 0) is 0 Å². The summed E-state index contributed by atoms with van der Waals surface area (Å²) >= 11 is 1.11. The minimum absolute atomic E-state index is 0.0967.